The number of amides is 1. The zero-order chi connectivity index (χ0) is 11.1. The van der Waals surface area contributed by atoms with Gasteiger partial charge in [0, 0.05) is 19.6 Å². The molecule has 1 aliphatic heterocycles. The van der Waals surface area contributed by atoms with E-state index in [9.17, 15) is 4.79 Å². The minimum atomic E-state index is -0.472. The molecule has 0 aromatic heterocycles. The van der Waals surface area contributed by atoms with E-state index in [-0.39, 0.29) is 5.91 Å². The first-order valence-corrected chi connectivity index (χ1v) is 5.56. The third-order valence-electron chi connectivity index (χ3n) is 2.39. The van der Waals surface area contributed by atoms with Gasteiger partial charge in [-0.25, -0.2) is 0 Å². The smallest absolute Gasteiger partial charge is 0.234 e. The Morgan fingerprint density at radius 1 is 1.53 bits per heavy atom. The van der Waals surface area contributed by atoms with Crippen molar-refractivity contribution in [3.05, 3.63) is 0 Å². The molecule has 15 heavy (non-hydrogen) atoms. The van der Waals surface area contributed by atoms with Crippen molar-refractivity contribution < 1.29 is 9.90 Å². The molecule has 0 radical (unpaired) electrons. The van der Waals surface area contributed by atoms with Crippen LogP contribution in [0, 0.1) is 0 Å². The number of rotatable bonds is 4. The van der Waals surface area contributed by atoms with Gasteiger partial charge in [-0.2, -0.15) is 0 Å². The van der Waals surface area contributed by atoms with Gasteiger partial charge in [-0.3, -0.25) is 9.69 Å². The van der Waals surface area contributed by atoms with Crippen LogP contribution in [0.5, 0.6) is 0 Å². The van der Waals surface area contributed by atoms with E-state index < -0.39 is 6.10 Å². The summed E-state index contributed by atoms with van der Waals surface area (Å²) in [5, 5.41) is 15.0. The van der Waals surface area contributed by atoms with E-state index in [2.05, 4.69) is 15.5 Å². The van der Waals surface area contributed by atoms with Crippen molar-refractivity contribution in [2.45, 2.75) is 19.4 Å². The lowest BCUT2D eigenvalue weighted by Crippen LogP contribution is -2.40. The first kappa shape index (κ1) is 12.4. The van der Waals surface area contributed by atoms with E-state index in [4.69, 9.17) is 5.11 Å². The molecule has 88 valence electrons. The molecule has 5 nitrogen and oxygen atoms in total. The number of nitrogens with one attached hydrogen (secondary N) is 2. The summed E-state index contributed by atoms with van der Waals surface area (Å²) in [4.78, 5) is 13.6. The van der Waals surface area contributed by atoms with Crippen molar-refractivity contribution in [2.75, 3.05) is 39.3 Å². The number of hydrogen-bond acceptors (Lipinski definition) is 4. The largest absolute Gasteiger partial charge is 0.392 e. The SMILES string of the molecule is C[C@@H](O)CNC(=O)CN1CCCNCC1. The van der Waals surface area contributed by atoms with Crippen LogP contribution >= 0.6 is 0 Å². The van der Waals surface area contributed by atoms with E-state index in [0.29, 0.717) is 13.1 Å². The Morgan fingerprint density at radius 3 is 3.07 bits per heavy atom. The Labute approximate surface area is 90.8 Å². The van der Waals surface area contributed by atoms with Crippen LogP contribution in [0.15, 0.2) is 0 Å². The lowest BCUT2D eigenvalue weighted by Gasteiger charge is -2.18. The van der Waals surface area contributed by atoms with E-state index in [0.717, 1.165) is 32.6 Å². The van der Waals surface area contributed by atoms with Gasteiger partial charge in [-0.15, -0.1) is 0 Å². The highest BCUT2D eigenvalue weighted by Crippen LogP contribution is 1.94. The number of carbonyl (C=O) groups is 1. The molecule has 0 aliphatic carbocycles. The molecule has 1 heterocycles. The molecule has 3 N–H and O–H groups in total. The van der Waals surface area contributed by atoms with Crippen LogP contribution in [-0.2, 0) is 4.79 Å². The predicted octanol–water partition coefficient (Wildman–Crippen LogP) is -1.22. The maximum Gasteiger partial charge on any atom is 0.234 e. The predicted molar refractivity (Wildman–Crippen MR) is 58.6 cm³/mol. The van der Waals surface area contributed by atoms with Gasteiger partial charge >= 0.3 is 0 Å². The standard InChI is InChI=1S/C10H21N3O2/c1-9(14)7-12-10(15)8-13-5-2-3-11-4-6-13/h9,11,14H,2-8H2,1H3,(H,12,15)/t9-/m1/s1. The molecule has 1 amide bonds. The summed E-state index contributed by atoms with van der Waals surface area (Å²) in [6.45, 7) is 6.31. The number of carbonyl (C=O) groups excluding carboxylic acids is 1. The maximum atomic E-state index is 11.4. The molecule has 0 saturated carbocycles. The summed E-state index contributed by atoms with van der Waals surface area (Å²) in [7, 11) is 0. The molecule has 1 rings (SSSR count). The average Bonchev–Trinajstić information content (AvgIpc) is 2.43. The quantitative estimate of drug-likeness (QED) is 0.550. The summed E-state index contributed by atoms with van der Waals surface area (Å²) >= 11 is 0. The van der Waals surface area contributed by atoms with Crippen molar-refractivity contribution in [1.29, 1.82) is 0 Å². The normalized spacial score (nSPS) is 20.7. The Hall–Kier alpha value is -0.650. The lowest BCUT2D eigenvalue weighted by molar-refractivity contribution is -0.122. The molecule has 1 saturated heterocycles. The molecule has 5 heteroatoms. The first-order valence-electron chi connectivity index (χ1n) is 5.56. The van der Waals surface area contributed by atoms with Crippen LogP contribution in [0.2, 0.25) is 0 Å². The van der Waals surface area contributed by atoms with Crippen LogP contribution in [0.1, 0.15) is 13.3 Å². The molecule has 0 aromatic rings. The highest BCUT2D eigenvalue weighted by Gasteiger charge is 2.12. The van der Waals surface area contributed by atoms with Crippen molar-refractivity contribution in [3.63, 3.8) is 0 Å². The maximum absolute atomic E-state index is 11.4. The summed E-state index contributed by atoms with van der Waals surface area (Å²) in [5.74, 6) is -0.00204. The molecule has 0 aromatic carbocycles. The van der Waals surface area contributed by atoms with Crippen molar-refractivity contribution in [1.82, 2.24) is 15.5 Å². The van der Waals surface area contributed by atoms with Gasteiger partial charge in [-0.05, 0) is 26.4 Å². The average molecular weight is 215 g/mol. The van der Waals surface area contributed by atoms with Crippen molar-refractivity contribution in [2.24, 2.45) is 0 Å². The fourth-order valence-corrected chi connectivity index (χ4v) is 1.58. The van der Waals surface area contributed by atoms with Gasteiger partial charge in [0.1, 0.15) is 0 Å². The fourth-order valence-electron chi connectivity index (χ4n) is 1.58. The fraction of sp³-hybridized carbons (Fsp3) is 0.900. The van der Waals surface area contributed by atoms with Gasteiger partial charge in [0.15, 0.2) is 0 Å². The van der Waals surface area contributed by atoms with Crippen molar-refractivity contribution >= 4 is 5.91 Å². The lowest BCUT2D eigenvalue weighted by atomic mass is 10.3. The number of aliphatic hydroxyl groups excluding tert-OH is 1. The number of aliphatic hydroxyl groups is 1. The van der Waals surface area contributed by atoms with Crippen LogP contribution in [0.3, 0.4) is 0 Å². The van der Waals surface area contributed by atoms with E-state index in [1.807, 2.05) is 0 Å². The van der Waals surface area contributed by atoms with E-state index in [1.165, 1.54) is 0 Å². The van der Waals surface area contributed by atoms with Crippen LogP contribution in [-0.4, -0.2) is 61.3 Å². The second-order valence-corrected chi connectivity index (χ2v) is 4.03. The van der Waals surface area contributed by atoms with Gasteiger partial charge < -0.3 is 15.7 Å². The summed E-state index contributed by atoms with van der Waals surface area (Å²) < 4.78 is 0. The topological polar surface area (TPSA) is 64.6 Å². The van der Waals surface area contributed by atoms with Gasteiger partial charge in [-0.1, -0.05) is 0 Å². The molecule has 1 fully saturated rings. The molecule has 1 aliphatic rings. The van der Waals surface area contributed by atoms with Crippen molar-refractivity contribution in [3.8, 4) is 0 Å². The summed E-state index contributed by atoms with van der Waals surface area (Å²) in [5.41, 5.74) is 0. The van der Waals surface area contributed by atoms with Gasteiger partial charge in [0.25, 0.3) is 0 Å². The van der Waals surface area contributed by atoms with E-state index >= 15 is 0 Å². The second kappa shape index (κ2) is 6.76. The third kappa shape index (κ3) is 5.71. The summed E-state index contributed by atoms with van der Waals surface area (Å²) in [6, 6.07) is 0. The van der Waals surface area contributed by atoms with Gasteiger partial charge in [0.05, 0.1) is 12.6 Å². The second-order valence-electron chi connectivity index (χ2n) is 4.03. The number of nitrogens with zero attached hydrogens (tertiary/aromatic N) is 1. The van der Waals surface area contributed by atoms with Crippen LogP contribution in [0.4, 0.5) is 0 Å². The molecular formula is C10H21N3O2. The molecule has 0 spiro atoms. The highest BCUT2D eigenvalue weighted by atomic mass is 16.3. The third-order valence-corrected chi connectivity index (χ3v) is 2.39. The molecule has 0 unspecified atom stereocenters. The zero-order valence-corrected chi connectivity index (χ0v) is 9.33. The number of hydrogen-bond donors (Lipinski definition) is 3. The van der Waals surface area contributed by atoms with Crippen LogP contribution < -0.4 is 10.6 Å². The minimum Gasteiger partial charge on any atom is -0.392 e. The Kier molecular flexibility index (Phi) is 5.60. The molecule has 1 atom stereocenters. The summed E-state index contributed by atoms with van der Waals surface area (Å²) in [6.07, 6.45) is 0.615. The minimum absolute atomic E-state index is 0.00204. The Balaban J connectivity index is 2.17. The first-order chi connectivity index (χ1) is 7.18. The monoisotopic (exact) mass is 215 g/mol. The van der Waals surface area contributed by atoms with Crippen LogP contribution in [0.25, 0.3) is 0 Å². The highest BCUT2D eigenvalue weighted by molar-refractivity contribution is 5.78. The Bertz CT molecular complexity index is 189. The van der Waals surface area contributed by atoms with E-state index in [1.54, 1.807) is 6.92 Å². The molecular weight excluding hydrogens is 194 g/mol. The Morgan fingerprint density at radius 2 is 2.33 bits per heavy atom. The zero-order valence-electron chi connectivity index (χ0n) is 9.33. The van der Waals surface area contributed by atoms with Gasteiger partial charge in [0.2, 0.25) is 5.91 Å². The molecule has 0 bridgehead atoms.